The van der Waals surface area contributed by atoms with Crippen LogP contribution in [0.2, 0.25) is 0 Å². The van der Waals surface area contributed by atoms with Crippen LogP contribution in [0.25, 0.3) is 90.9 Å². The standard InChI is InChI=1S/C59H55N5O4/c1-65-41-12-5-37(6-13-41)54-45-19-21-47(61-45)55(38-7-14-42(66-2)15-8-38)49-23-25-51(63-49)57(52-26-24-50(64-52)56(48-22-20-46(54)62-48)39-9-16-43(67-3)17-10-39)40-11-18-44(53(28-40)68-4)59-31-35-27-36(32-59)30-58(29-35,33-59)34-60/h5-26,28,35-36,61,64H,27,29-34,60H2,1-4H3. The number of hydrogen-bond acceptors (Lipinski definition) is 7. The van der Waals surface area contributed by atoms with Gasteiger partial charge in [0.15, 0.2) is 0 Å². The number of nitrogens with two attached hydrogens (primary N) is 1. The molecule has 4 N–H and O–H groups in total. The molecular weight excluding hydrogens is 843 g/mol. The predicted octanol–water partition coefficient (Wildman–Crippen LogP) is 13.2. The van der Waals surface area contributed by atoms with Gasteiger partial charge in [-0.25, -0.2) is 9.97 Å². The summed E-state index contributed by atoms with van der Waals surface area (Å²) < 4.78 is 23.3. The normalized spacial score (nSPS) is 21.0. The lowest BCUT2D eigenvalue weighted by atomic mass is 9.43. The summed E-state index contributed by atoms with van der Waals surface area (Å²) in [7, 11) is 6.90. The van der Waals surface area contributed by atoms with Crippen molar-refractivity contribution < 1.29 is 18.9 Å². The molecule has 9 heteroatoms. The van der Waals surface area contributed by atoms with Gasteiger partial charge in [-0.2, -0.15) is 0 Å². The number of ether oxygens (including phenoxy) is 4. The molecule has 12 bridgehead atoms. The van der Waals surface area contributed by atoms with Crippen molar-refractivity contribution in [1.29, 1.82) is 0 Å². The van der Waals surface area contributed by atoms with Gasteiger partial charge in [0, 0.05) is 55.3 Å². The molecule has 0 saturated heterocycles. The van der Waals surface area contributed by atoms with E-state index in [0.717, 1.165) is 137 Å². The third-order valence-electron chi connectivity index (χ3n) is 15.6. The topological polar surface area (TPSA) is 120 Å². The highest BCUT2D eigenvalue weighted by Gasteiger charge is 2.58. The molecule has 9 nitrogen and oxygen atoms in total. The van der Waals surface area contributed by atoms with Crippen molar-refractivity contribution in [2.24, 2.45) is 23.0 Å². The highest BCUT2D eigenvalue weighted by Crippen LogP contribution is 2.66. The Hall–Kier alpha value is -7.36. The van der Waals surface area contributed by atoms with Crippen LogP contribution in [-0.2, 0) is 5.41 Å². The minimum absolute atomic E-state index is 0.0687. The smallest absolute Gasteiger partial charge is 0.123 e. The highest BCUT2D eigenvalue weighted by atomic mass is 16.5. The molecule has 4 fully saturated rings. The van der Waals surface area contributed by atoms with Crippen molar-refractivity contribution >= 4 is 46.4 Å². The van der Waals surface area contributed by atoms with E-state index in [9.17, 15) is 0 Å². The largest absolute Gasteiger partial charge is 0.497 e. The van der Waals surface area contributed by atoms with E-state index in [1.165, 1.54) is 37.7 Å². The van der Waals surface area contributed by atoms with E-state index in [4.69, 9.17) is 34.6 Å². The number of aromatic nitrogens is 4. The second-order valence-electron chi connectivity index (χ2n) is 19.5. The van der Waals surface area contributed by atoms with E-state index in [2.05, 4.69) is 113 Å². The van der Waals surface area contributed by atoms with Crippen LogP contribution in [0.1, 0.15) is 66.9 Å². The number of fused-ring (bicyclic) bond motifs is 8. The van der Waals surface area contributed by atoms with Gasteiger partial charge in [0.05, 0.1) is 51.2 Å². The average molecular weight is 898 g/mol. The minimum Gasteiger partial charge on any atom is -0.497 e. The van der Waals surface area contributed by atoms with Gasteiger partial charge in [-0.15, -0.1) is 0 Å². The Morgan fingerprint density at radius 3 is 1.24 bits per heavy atom. The summed E-state index contributed by atoms with van der Waals surface area (Å²) in [6, 6.07) is 40.1. The zero-order valence-corrected chi connectivity index (χ0v) is 39.0. The molecule has 3 aromatic heterocycles. The highest BCUT2D eigenvalue weighted by molar-refractivity contribution is 6.00. The SMILES string of the molecule is COc1ccc(-c2c3nc(c(-c4ccc(OC)cc4)c4ccc([nH]4)c(-c4ccc(C56CC7CC(CC(CN)(C7)C5)C6)c(OC)c4)c4nc(c(-c5ccc(OC)cc5)c5ccc2[nH]5)C=C4)C=C3)cc1. The van der Waals surface area contributed by atoms with Crippen LogP contribution in [0.4, 0.5) is 0 Å². The number of benzene rings is 4. The summed E-state index contributed by atoms with van der Waals surface area (Å²) in [4.78, 5) is 18.8. The summed E-state index contributed by atoms with van der Waals surface area (Å²) in [6.07, 6.45) is 15.9. The summed E-state index contributed by atoms with van der Waals surface area (Å²) in [5.41, 5.74) is 23.2. The Morgan fingerprint density at radius 1 is 0.485 bits per heavy atom. The molecule has 4 aromatic carbocycles. The number of nitrogens with one attached hydrogen (secondary N) is 2. The molecule has 13 rings (SSSR count). The Balaban J connectivity index is 1.15. The first-order valence-electron chi connectivity index (χ1n) is 23.8. The fourth-order valence-corrected chi connectivity index (χ4v) is 13.0. The molecule has 68 heavy (non-hydrogen) atoms. The third-order valence-corrected chi connectivity index (χ3v) is 15.6. The van der Waals surface area contributed by atoms with E-state index in [1.807, 2.05) is 43.5 Å². The van der Waals surface area contributed by atoms with E-state index < -0.39 is 0 Å². The average Bonchev–Trinajstić information content (AvgIpc) is 4.23. The maximum atomic E-state index is 6.62. The molecule has 4 saturated carbocycles. The van der Waals surface area contributed by atoms with Crippen LogP contribution in [0, 0.1) is 17.3 Å². The lowest BCUT2D eigenvalue weighted by Crippen LogP contribution is -2.56. The zero-order chi connectivity index (χ0) is 46.1. The Labute approximate surface area is 396 Å². The second kappa shape index (κ2) is 16.5. The van der Waals surface area contributed by atoms with Gasteiger partial charge in [-0.05, 0) is 176 Å². The number of hydrogen-bond donors (Lipinski definition) is 3. The Bertz CT molecular complexity index is 3280. The molecule has 0 amide bonds. The molecule has 2 atom stereocenters. The van der Waals surface area contributed by atoms with Gasteiger partial charge in [-0.1, -0.05) is 48.5 Å². The first-order chi connectivity index (χ1) is 33.3. The van der Waals surface area contributed by atoms with Crippen LogP contribution >= 0.6 is 0 Å². The summed E-state index contributed by atoms with van der Waals surface area (Å²) in [5.74, 6) is 4.73. The van der Waals surface area contributed by atoms with Crippen molar-refractivity contribution in [2.45, 2.75) is 43.9 Å². The maximum absolute atomic E-state index is 6.62. The number of nitrogens with zero attached hydrogens (tertiary/aromatic N) is 2. The summed E-state index contributed by atoms with van der Waals surface area (Å²) in [5, 5.41) is 0. The van der Waals surface area contributed by atoms with Crippen molar-refractivity contribution in [3.05, 3.63) is 144 Å². The lowest BCUT2D eigenvalue weighted by molar-refractivity contribution is -0.0673. The van der Waals surface area contributed by atoms with Gasteiger partial charge < -0.3 is 34.6 Å². The summed E-state index contributed by atoms with van der Waals surface area (Å²) in [6.45, 7) is 0.763. The number of aromatic amines is 2. The maximum Gasteiger partial charge on any atom is 0.123 e. The van der Waals surface area contributed by atoms with Crippen molar-refractivity contribution in [1.82, 2.24) is 19.9 Å². The van der Waals surface area contributed by atoms with Crippen LogP contribution in [0.15, 0.2) is 115 Å². The van der Waals surface area contributed by atoms with E-state index >= 15 is 0 Å². The quantitative estimate of drug-likeness (QED) is 0.125. The fraction of sp³-hybridized carbons (Fsp3) is 0.254. The van der Waals surface area contributed by atoms with Crippen molar-refractivity contribution in [3.8, 4) is 67.5 Å². The van der Waals surface area contributed by atoms with Gasteiger partial charge >= 0.3 is 0 Å². The molecular formula is C59H55N5O4. The Morgan fingerprint density at radius 2 is 0.868 bits per heavy atom. The van der Waals surface area contributed by atoms with Crippen LogP contribution in [0.5, 0.6) is 23.0 Å². The number of methoxy groups -OCH3 is 4. The second-order valence-corrected chi connectivity index (χ2v) is 19.5. The van der Waals surface area contributed by atoms with E-state index in [1.54, 1.807) is 21.3 Å². The monoisotopic (exact) mass is 897 g/mol. The first-order valence-corrected chi connectivity index (χ1v) is 23.8. The van der Waals surface area contributed by atoms with Crippen molar-refractivity contribution in [2.75, 3.05) is 35.0 Å². The first kappa shape index (κ1) is 42.0. The predicted molar refractivity (Wildman–Crippen MR) is 275 cm³/mol. The molecule has 0 radical (unpaired) electrons. The van der Waals surface area contributed by atoms with Gasteiger partial charge in [-0.3, -0.25) is 0 Å². The molecule has 0 spiro atoms. The van der Waals surface area contributed by atoms with Gasteiger partial charge in [0.25, 0.3) is 0 Å². The van der Waals surface area contributed by atoms with Crippen LogP contribution < -0.4 is 24.7 Å². The Kier molecular flexibility index (Phi) is 10.2. The molecule has 7 aromatic rings. The van der Waals surface area contributed by atoms with Crippen LogP contribution in [0.3, 0.4) is 0 Å². The molecule has 2 unspecified atom stereocenters. The number of rotatable bonds is 10. The van der Waals surface area contributed by atoms with Gasteiger partial charge in [0.1, 0.15) is 23.0 Å². The molecule has 6 aliphatic rings. The molecule has 4 aliphatic carbocycles. The van der Waals surface area contributed by atoms with Gasteiger partial charge in [0.2, 0.25) is 0 Å². The lowest BCUT2D eigenvalue weighted by Gasteiger charge is -2.62. The minimum atomic E-state index is 0.0687. The number of H-pyrrole nitrogens is 2. The molecule has 5 heterocycles. The van der Waals surface area contributed by atoms with E-state index in [-0.39, 0.29) is 10.8 Å². The summed E-state index contributed by atoms with van der Waals surface area (Å²) >= 11 is 0. The third kappa shape index (κ3) is 7.02. The van der Waals surface area contributed by atoms with Crippen LogP contribution in [-0.4, -0.2) is 54.9 Å². The molecule has 2 aliphatic heterocycles. The fourth-order valence-electron chi connectivity index (χ4n) is 13.0. The van der Waals surface area contributed by atoms with E-state index in [0.29, 0.717) is 0 Å². The van der Waals surface area contributed by atoms with Crippen molar-refractivity contribution in [3.63, 3.8) is 0 Å². The molecule has 340 valence electrons. The zero-order valence-electron chi connectivity index (χ0n) is 39.0.